The number of H-pyrrole nitrogens is 1. The molecule has 0 saturated carbocycles. The van der Waals surface area contributed by atoms with Gasteiger partial charge in [-0.1, -0.05) is 0 Å². The summed E-state index contributed by atoms with van der Waals surface area (Å²) in [4.78, 5) is 25.4. The molecule has 3 rings (SSSR count). The molecule has 0 aliphatic carbocycles. The summed E-state index contributed by atoms with van der Waals surface area (Å²) >= 11 is 0. The van der Waals surface area contributed by atoms with E-state index in [1.54, 1.807) is 0 Å². The lowest BCUT2D eigenvalue weighted by molar-refractivity contribution is -0.122. The van der Waals surface area contributed by atoms with Gasteiger partial charge in [-0.3, -0.25) is 27.9 Å². The summed E-state index contributed by atoms with van der Waals surface area (Å²) in [7, 11) is -4.18. The average Bonchev–Trinajstić information content (AvgIpc) is 2.93. The number of aromatic amines is 1. The second-order valence-corrected chi connectivity index (χ2v) is 7.73. The van der Waals surface area contributed by atoms with E-state index in [-0.39, 0.29) is 12.0 Å². The van der Waals surface area contributed by atoms with Crippen LogP contribution in [-0.4, -0.2) is 52.6 Å². The molecule has 0 radical (unpaired) electrons. The number of aliphatic hydroxyl groups is 1. The summed E-state index contributed by atoms with van der Waals surface area (Å²) in [5.41, 5.74) is -0.976. The van der Waals surface area contributed by atoms with Crippen molar-refractivity contribution in [3.05, 3.63) is 32.6 Å². The van der Waals surface area contributed by atoms with Crippen molar-refractivity contribution in [1.29, 1.82) is 0 Å². The molecule has 1 aromatic heterocycles. The van der Waals surface area contributed by atoms with E-state index < -0.39 is 63.3 Å². The highest BCUT2D eigenvalue weighted by atomic mass is 31.2. The summed E-state index contributed by atoms with van der Waals surface area (Å²) in [5, 5.41) is 10.0. The number of alkyl halides is 2. The van der Waals surface area contributed by atoms with E-state index in [2.05, 4.69) is 14.0 Å². The number of phosphoric ester groups is 1. The van der Waals surface area contributed by atoms with Crippen LogP contribution in [-0.2, 0) is 22.9 Å². The van der Waals surface area contributed by atoms with E-state index in [9.17, 15) is 28.0 Å². The smallest absolute Gasteiger partial charge is 0.390 e. The van der Waals surface area contributed by atoms with Gasteiger partial charge >= 0.3 is 13.5 Å². The van der Waals surface area contributed by atoms with Crippen LogP contribution in [0.5, 0.6) is 0 Å². The van der Waals surface area contributed by atoms with Crippen molar-refractivity contribution >= 4 is 7.82 Å². The van der Waals surface area contributed by atoms with Gasteiger partial charge in [-0.25, -0.2) is 18.1 Å². The maximum atomic E-state index is 12.9. The Bertz CT molecular complexity index is 826. The molecular weight excluding hydrogens is 381 g/mol. The lowest BCUT2D eigenvalue weighted by Crippen LogP contribution is -2.35. The normalized spacial score (nSPS) is 30.4. The Morgan fingerprint density at radius 1 is 1.42 bits per heavy atom. The Labute approximate surface area is 145 Å². The van der Waals surface area contributed by atoms with Crippen LogP contribution in [0.4, 0.5) is 8.78 Å². The van der Waals surface area contributed by atoms with Gasteiger partial charge in [0.25, 0.3) is 11.5 Å². The summed E-state index contributed by atoms with van der Waals surface area (Å²) in [6.45, 7) is -1.17. The fourth-order valence-corrected chi connectivity index (χ4v) is 3.75. The van der Waals surface area contributed by atoms with E-state index >= 15 is 0 Å². The number of rotatable bonds is 4. The molecule has 2 aliphatic heterocycles. The Morgan fingerprint density at radius 2 is 2.08 bits per heavy atom. The minimum Gasteiger partial charge on any atom is -0.390 e. The maximum absolute atomic E-state index is 12.9. The number of aliphatic hydroxyl groups excluding tert-OH is 1. The Kier molecular flexibility index (Phi) is 5.17. The molecule has 3 heterocycles. The third-order valence-electron chi connectivity index (χ3n) is 3.92. The van der Waals surface area contributed by atoms with Gasteiger partial charge in [-0.2, -0.15) is 0 Å². The first kappa shape index (κ1) is 19.3. The van der Waals surface area contributed by atoms with Crippen LogP contribution in [0.1, 0.15) is 18.2 Å². The van der Waals surface area contributed by atoms with Crippen LogP contribution in [0, 0.1) is 6.92 Å². The van der Waals surface area contributed by atoms with Gasteiger partial charge < -0.3 is 9.84 Å². The van der Waals surface area contributed by atoms with Crippen molar-refractivity contribution in [3.8, 4) is 0 Å². The zero-order valence-corrected chi connectivity index (χ0v) is 14.5. The predicted octanol–water partition coefficient (Wildman–Crippen LogP) is 0.300. The van der Waals surface area contributed by atoms with Crippen LogP contribution >= 0.6 is 7.82 Å². The van der Waals surface area contributed by atoms with Gasteiger partial charge in [0.05, 0.1) is 12.7 Å². The molecule has 2 aliphatic rings. The second-order valence-electron chi connectivity index (χ2n) is 6.06. The molecule has 0 amide bonds. The highest BCUT2D eigenvalue weighted by Crippen LogP contribution is 2.54. The first-order valence-corrected chi connectivity index (χ1v) is 9.12. The van der Waals surface area contributed by atoms with Crippen LogP contribution in [0.15, 0.2) is 15.8 Å². The third-order valence-corrected chi connectivity index (χ3v) is 5.28. The van der Waals surface area contributed by atoms with Crippen LogP contribution < -0.4 is 11.2 Å². The molecule has 1 aromatic rings. The van der Waals surface area contributed by atoms with E-state index in [4.69, 9.17) is 9.26 Å². The van der Waals surface area contributed by atoms with E-state index in [0.29, 0.717) is 0 Å². The lowest BCUT2D eigenvalue weighted by Gasteiger charge is -2.28. The van der Waals surface area contributed by atoms with Crippen molar-refractivity contribution in [1.82, 2.24) is 9.55 Å². The SMILES string of the molecule is Cc1cn(C2CC(O)C(COP3(=O)OCC(F)(F)CO3)O2)c(=O)[nH]c1=O. The van der Waals surface area contributed by atoms with E-state index in [1.807, 2.05) is 0 Å². The fourth-order valence-electron chi connectivity index (χ4n) is 2.50. The molecule has 3 atom stereocenters. The highest BCUT2D eigenvalue weighted by molar-refractivity contribution is 7.48. The van der Waals surface area contributed by atoms with Gasteiger partial charge in [0.2, 0.25) is 0 Å². The standard InChI is InChI=1S/C13H17F2N2O8P/c1-7-3-17(12(20)16-11(7)19)10-2-8(18)9(25-10)4-22-26(21)23-5-13(14,15)6-24-26/h3,8-10,18H,2,4-6H2,1H3,(H,16,19,20). The molecule has 13 heteroatoms. The molecule has 2 saturated heterocycles. The number of aromatic nitrogens is 2. The molecule has 2 N–H and O–H groups in total. The number of hydrogen-bond acceptors (Lipinski definition) is 8. The number of ether oxygens (including phenoxy) is 1. The van der Waals surface area contributed by atoms with Gasteiger partial charge in [-0.05, 0) is 6.92 Å². The number of halogens is 2. The molecule has 146 valence electrons. The van der Waals surface area contributed by atoms with Crippen molar-refractivity contribution in [2.24, 2.45) is 0 Å². The topological polar surface area (TPSA) is 129 Å². The van der Waals surface area contributed by atoms with Gasteiger partial charge in [0.1, 0.15) is 25.5 Å². The molecule has 26 heavy (non-hydrogen) atoms. The predicted molar refractivity (Wildman–Crippen MR) is 81.0 cm³/mol. The summed E-state index contributed by atoms with van der Waals surface area (Å²) in [6.07, 6.45) is -1.68. The van der Waals surface area contributed by atoms with Crippen molar-refractivity contribution in [3.63, 3.8) is 0 Å². The van der Waals surface area contributed by atoms with E-state index in [0.717, 1.165) is 4.57 Å². The van der Waals surface area contributed by atoms with E-state index in [1.165, 1.54) is 13.1 Å². The third kappa shape index (κ3) is 4.11. The number of nitrogens with one attached hydrogen (secondary N) is 1. The van der Waals surface area contributed by atoms with Gasteiger partial charge in [0, 0.05) is 18.2 Å². The molecule has 0 spiro atoms. The molecule has 0 aromatic carbocycles. The highest BCUT2D eigenvalue weighted by Gasteiger charge is 2.45. The number of nitrogens with zero attached hydrogens (tertiary/aromatic N) is 1. The minimum atomic E-state index is -4.18. The molecule has 3 unspecified atom stereocenters. The van der Waals surface area contributed by atoms with Crippen LogP contribution in [0.3, 0.4) is 0 Å². The van der Waals surface area contributed by atoms with Crippen molar-refractivity contribution in [2.75, 3.05) is 19.8 Å². The second kappa shape index (κ2) is 6.95. The van der Waals surface area contributed by atoms with Crippen LogP contribution in [0.25, 0.3) is 0 Å². The minimum absolute atomic E-state index is 0.00348. The zero-order chi connectivity index (χ0) is 19.1. The van der Waals surface area contributed by atoms with Crippen molar-refractivity contribution < 1.29 is 36.8 Å². The first-order valence-electron chi connectivity index (χ1n) is 7.66. The van der Waals surface area contributed by atoms with Crippen LogP contribution in [0.2, 0.25) is 0 Å². The quantitative estimate of drug-likeness (QED) is 0.693. The number of phosphoric acid groups is 1. The fraction of sp³-hybridized carbons (Fsp3) is 0.692. The molecule has 2 fully saturated rings. The zero-order valence-electron chi connectivity index (χ0n) is 13.6. The Morgan fingerprint density at radius 3 is 2.73 bits per heavy atom. The summed E-state index contributed by atoms with van der Waals surface area (Å²) in [6, 6.07) is 0. The molecular formula is C13H17F2N2O8P. The molecule has 10 nitrogen and oxygen atoms in total. The Balaban J connectivity index is 1.63. The Hall–Kier alpha value is -1.43. The maximum Gasteiger partial charge on any atom is 0.475 e. The van der Waals surface area contributed by atoms with Gasteiger partial charge in [-0.15, -0.1) is 0 Å². The number of aryl methyl sites for hydroxylation is 1. The van der Waals surface area contributed by atoms with Gasteiger partial charge in [0.15, 0.2) is 0 Å². The largest absolute Gasteiger partial charge is 0.475 e. The summed E-state index contributed by atoms with van der Waals surface area (Å²) < 4.78 is 58.4. The monoisotopic (exact) mass is 398 g/mol. The average molecular weight is 398 g/mol. The summed E-state index contributed by atoms with van der Waals surface area (Å²) in [5.74, 6) is -3.25. The lowest BCUT2D eigenvalue weighted by atomic mass is 10.2. The van der Waals surface area contributed by atoms with Crippen molar-refractivity contribution in [2.45, 2.75) is 37.7 Å². The first-order chi connectivity index (χ1) is 12.1. The number of hydrogen-bond donors (Lipinski definition) is 2. The molecule has 0 bridgehead atoms.